The molecule has 0 aromatic heterocycles. The molecule has 0 fully saturated rings. The Labute approximate surface area is 173 Å². The summed E-state index contributed by atoms with van der Waals surface area (Å²) in [6.45, 7) is 2.24. The molecule has 0 rings (SSSR count). The predicted octanol–water partition coefficient (Wildman–Crippen LogP) is 5.99. The number of carboxylic acid groups (broad SMARTS) is 1. The summed E-state index contributed by atoms with van der Waals surface area (Å²) in [5, 5.41) is 8.66. The molecule has 0 aromatic rings. The lowest BCUT2D eigenvalue weighted by molar-refractivity contribution is -0.137. The van der Waals surface area contributed by atoms with Crippen LogP contribution in [0.1, 0.15) is 103 Å². The van der Waals surface area contributed by atoms with Crippen molar-refractivity contribution >= 4 is 5.97 Å². The van der Waals surface area contributed by atoms with Crippen LogP contribution in [-0.2, 0) is 19.0 Å². The average molecular weight is 403 g/mol. The lowest BCUT2D eigenvalue weighted by Crippen LogP contribution is -2.20. The highest BCUT2D eigenvalue weighted by Gasteiger charge is 2.16. The summed E-state index contributed by atoms with van der Waals surface area (Å²) in [7, 11) is 5.41. The fourth-order valence-corrected chi connectivity index (χ4v) is 3.68. The van der Waals surface area contributed by atoms with E-state index in [0.29, 0.717) is 6.10 Å². The average Bonchev–Trinajstić information content (AvgIpc) is 2.69. The van der Waals surface area contributed by atoms with Crippen LogP contribution in [0.2, 0.25) is 0 Å². The lowest BCUT2D eigenvalue weighted by atomic mass is 9.98. The Hall–Kier alpha value is -0.650. The molecular formula is C23H46O5. The van der Waals surface area contributed by atoms with Gasteiger partial charge in [0.2, 0.25) is 0 Å². The molecule has 0 radical (unpaired) electrons. The van der Waals surface area contributed by atoms with E-state index >= 15 is 0 Å². The summed E-state index contributed by atoms with van der Waals surface area (Å²) in [5.41, 5.74) is 0. The van der Waals surface area contributed by atoms with E-state index in [4.69, 9.17) is 19.3 Å². The van der Waals surface area contributed by atoms with E-state index < -0.39 is 5.97 Å². The van der Waals surface area contributed by atoms with Gasteiger partial charge in [-0.3, -0.25) is 4.79 Å². The maximum Gasteiger partial charge on any atom is 0.303 e. The second kappa shape index (κ2) is 19.7. The maximum atomic E-state index is 10.5. The molecule has 3 atom stereocenters. The number of carbonyl (C=O) groups is 1. The Kier molecular flexibility index (Phi) is 19.2. The number of ether oxygens (including phenoxy) is 3. The molecule has 28 heavy (non-hydrogen) atoms. The Balaban J connectivity index is 3.95. The predicted molar refractivity (Wildman–Crippen MR) is 115 cm³/mol. The van der Waals surface area contributed by atoms with Crippen LogP contribution in [0, 0.1) is 0 Å². The number of aliphatic carboxylic acids is 1. The number of hydrogen-bond donors (Lipinski definition) is 1. The van der Waals surface area contributed by atoms with Gasteiger partial charge in [-0.15, -0.1) is 0 Å². The molecule has 0 heterocycles. The zero-order chi connectivity index (χ0) is 21.0. The third-order valence-electron chi connectivity index (χ3n) is 5.67. The highest BCUT2D eigenvalue weighted by Crippen LogP contribution is 2.19. The Morgan fingerprint density at radius 2 is 1.04 bits per heavy atom. The van der Waals surface area contributed by atoms with E-state index in [9.17, 15) is 4.79 Å². The van der Waals surface area contributed by atoms with Crippen LogP contribution in [0.15, 0.2) is 0 Å². The Morgan fingerprint density at radius 1 is 0.643 bits per heavy atom. The van der Waals surface area contributed by atoms with Crippen LogP contribution in [0.25, 0.3) is 0 Å². The molecule has 3 unspecified atom stereocenters. The van der Waals surface area contributed by atoms with Gasteiger partial charge in [-0.2, -0.15) is 0 Å². The fourth-order valence-electron chi connectivity index (χ4n) is 3.68. The van der Waals surface area contributed by atoms with Crippen molar-refractivity contribution in [2.45, 2.75) is 122 Å². The quantitative estimate of drug-likeness (QED) is 0.239. The molecule has 0 amide bonds. The first-order chi connectivity index (χ1) is 13.6. The van der Waals surface area contributed by atoms with Gasteiger partial charge in [0, 0.05) is 27.8 Å². The standard InChI is InChI=1S/C23H46O5/c1-5-6-7-10-13-20(26-2)16-18-22(28-4)19-17-21(27-3)14-11-8-9-12-15-23(24)25/h20-22H,5-19H2,1-4H3,(H,24,25). The van der Waals surface area contributed by atoms with Crippen molar-refractivity contribution in [3.8, 4) is 0 Å². The van der Waals surface area contributed by atoms with Gasteiger partial charge in [0.15, 0.2) is 0 Å². The number of methoxy groups -OCH3 is 3. The SMILES string of the molecule is CCCCCCC(CCC(CCC(CCCCCCC(=O)O)OC)OC)OC. The second-order valence-electron chi connectivity index (χ2n) is 7.92. The third kappa shape index (κ3) is 16.3. The summed E-state index contributed by atoms with van der Waals surface area (Å²) >= 11 is 0. The van der Waals surface area contributed by atoms with E-state index in [1.165, 1.54) is 25.7 Å². The van der Waals surface area contributed by atoms with Gasteiger partial charge in [0.05, 0.1) is 18.3 Å². The monoisotopic (exact) mass is 402 g/mol. The molecular weight excluding hydrogens is 356 g/mol. The summed E-state index contributed by atoms with van der Waals surface area (Å²) in [6.07, 6.45) is 16.5. The first kappa shape index (κ1) is 27.4. The van der Waals surface area contributed by atoms with Gasteiger partial charge >= 0.3 is 5.97 Å². The van der Waals surface area contributed by atoms with Crippen molar-refractivity contribution < 1.29 is 24.1 Å². The summed E-state index contributed by atoms with van der Waals surface area (Å²) in [6, 6.07) is 0. The topological polar surface area (TPSA) is 65.0 Å². The smallest absolute Gasteiger partial charge is 0.303 e. The molecule has 0 aromatic carbocycles. The van der Waals surface area contributed by atoms with Crippen LogP contribution in [-0.4, -0.2) is 50.7 Å². The Bertz CT molecular complexity index is 348. The van der Waals surface area contributed by atoms with Crippen molar-refractivity contribution in [3.63, 3.8) is 0 Å². The van der Waals surface area contributed by atoms with Crippen molar-refractivity contribution in [2.24, 2.45) is 0 Å². The molecule has 5 nitrogen and oxygen atoms in total. The highest BCUT2D eigenvalue weighted by molar-refractivity contribution is 5.66. The van der Waals surface area contributed by atoms with Crippen LogP contribution in [0.3, 0.4) is 0 Å². The molecule has 0 saturated carbocycles. The van der Waals surface area contributed by atoms with Crippen LogP contribution < -0.4 is 0 Å². The van der Waals surface area contributed by atoms with Crippen LogP contribution >= 0.6 is 0 Å². The van der Waals surface area contributed by atoms with E-state index in [1.807, 2.05) is 7.11 Å². The normalized spacial score (nSPS) is 14.7. The van der Waals surface area contributed by atoms with Gasteiger partial charge in [0.25, 0.3) is 0 Å². The fraction of sp³-hybridized carbons (Fsp3) is 0.957. The first-order valence-electron chi connectivity index (χ1n) is 11.4. The molecule has 0 aliphatic heterocycles. The number of rotatable bonds is 21. The van der Waals surface area contributed by atoms with Crippen molar-refractivity contribution in [1.82, 2.24) is 0 Å². The third-order valence-corrected chi connectivity index (χ3v) is 5.67. The summed E-state index contributed by atoms with van der Waals surface area (Å²) in [4.78, 5) is 10.5. The first-order valence-corrected chi connectivity index (χ1v) is 11.4. The van der Waals surface area contributed by atoms with Gasteiger partial charge in [-0.1, -0.05) is 51.9 Å². The lowest BCUT2D eigenvalue weighted by Gasteiger charge is -2.22. The number of hydrogen-bond acceptors (Lipinski definition) is 4. The zero-order valence-corrected chi connectivity index (χ0v) is 18.9. The largest absolute Gasteiger partial charge is 0.481 e. The number of carboxylic acids is 1. The van der Waals surface area contributed by atoms with E-state index in [1.54, 1.807) is 14.2 Å². The van der Waals surface area contributed by atoms with Gasteiger partial charge in [-0.05, 0) is 44.9 Å². The second-order valence-corrected chi connectivity index (χ2v) is 7.92. The Morgan fingerprint density at radius 3 is 1.43 bits per heavy atom. The van der Waals surface area contributed by atoms with E-state index in [0.717, 1.165) is 64.2 Å². The zero-order valence-electron chi connectivity index (χ0n) is 18.9. The van der Waals surface area contributed by atoms with Crippen molar-refractivity contribution in [3.05, 3.63) is 0 Å². The van der Waals surface area contributed by atoms with Gasteiger partial charge < -0.3 is 19.3 Å². The van der Waals surface area contributed by atoms with Crippen molar-refractivity contribution in [2.75, 3.05) is 21.3 Å². The van der Waals surface area contributed by atoms with Crippen LogP contribution in [0.5, 0.6) is 0 Å². The van der Waals surface area contributed by atoms with Gasteiger partial charge in [0.1, 0.15) is 0 Å². The minimum Gasteiger partial charge on any atom is -0.481 e. The molecule has 0 bridgehead atoms. The maximum absolute atomic E-state index is 10.5. The molecule has 0 spiro atoms. The molecule has 0 aliphatic carbocycles. The highest BCUT2D eigenvalue weighted by atomic mass is 16.5. The minimum atomic E-state index is -0.697. The van der Waals surface area contributed by atoms with Crippen molar-refractivity contribution in [1.29, 1.82) is 0 Å². The molecule has 5 heteroatoms. The van der Waals surface area contributed by atoms with Crippen LogP contribution in [0.4, 0.5) is 0 Å². The summed E-state index contributed by atoms with van der Waals surface area (Å²) in [5.74, 6) is -0.697. The van der Waals surface area contributed by atoms with E-state index in [-0.39, 0.29) is 18.6 Å². The molecule has 0 saturated heterocycles. The molecule has 168 valence electrons. The van der Waals surface area contributed by atoms with Gasteiger partial charge in [-0.25, -0.2) is 0 Å². The van der Waals surface area contributed by atoms with E-state index in [2.05, 4.69) is 6.92 Å². The molecule has 0 aliphatic rings. The minimum absolute atomic E-state index is 0.265. The summed E-state index contributed by atoms with van der Waals surface area (Å²) < 4.78 is 17.0. The molecule has 1 N–H and O–H groups in total. The number of unbranched alkanes of at least 4 members (excludes halogenated alkanes) is 6.